The molecule has 392 valence electrons. The zero-order valence-corrected chi connectivity index (χ0v) is 36.1. The maximum absolute atomic E-state index is 13.8. The molecule has 5 rings (SSSR count). The van der Waals surface area contributed by atoms with Crippen LogP contribution in [0.3, 0.4) is 0 Å². The lowest BCUT2D eigenvalue weighted by Gasteiger charge is -2.33. The van der Waals surface area contributed by atoms with E-state index in [1.807, 2.05) is 12.2 Å². The molecule has 3 aromatic carbocycles. The second-order valence-corrected chi connectivity index (χ2v) is 16.4. The Kier molecular flexibility index (Phi) is 16.7. The summed E-state index contributed by atoms with van der Waals surface area (Å²) in [5.74, 6) is -42.1. The molecule has 0 radical (unpaired) electrons. The van der Waals surface area contributed by atoms with Gasteiger partial charge in [-0.1, -0.05) is 12.2 Å². The number of allylic oxidation sites excluding steroid dienone is 2. The molecule has 1 fully saturated rings. The van der Waals surface area contributed by atoms with E-state index < -0.39 is 130 Å². The van der Waals surface area contributed by atoms with Gasteiger partial charge in [-0.2, -0.15) is 79.0 Å². The molecule has 0 spiro atoms. The molecular formula is C45H38F18O8. The Balaban J connectivity index is 1.16. The van der Waals surface area contributed by atoms with Crippen molar-refractivity contribution in [2.75, 3.05) is 13.2 Å². The van der Waals surface area contributed by atoms with E-state index in [0.717, 1.165) is 6.42 Å². The Hall–Kier alpha value is -5.85. The fourth-order valence-corrected chi connectivity index (χ4v) is 7.25. The van der Waals surface area contributed by atoms with E-state index in [2.05, 4.69) is 0 Å². The normalized spacial score (nSPS) is 17.8. The maximum Gasteiger partial charge on any atom is 0.460 e. The van der Waals surface area contributed by atoms with Gasteiger partial charge < -0.3 is 23.7 Å². The second-order valence-electron chi connectivity index (χ2n) is 16.4. The minimum atomic E-state index is -7.00. The molecule has 26 heteroatoms. The van der Waals surface area contributed by atoms with Crippen LogP contribution in [0.15, 0.2) is 78.9 Å². The van der Waals surface area contributed by atoms with Crippen molar-refractivity contribution in [2.24, 2.45) is 17.8 Å². The SMILES string of the molecule is O=C(Oc1ccc(OC(=O)c2ccc(OCCCCC(F)(F)C(F)(F)C(F)(F)C(F)(F)F)cc2)c(COC(=O)C2CC3C=CC2C3)c1)c1ccc(OCCCCC(F)(F)C(F)(F)C(F)(F)C(F)(F)F)cc1. The summed E-state index contributed by atoms with van der Waals surface area (Å²) < 4.78 is 263. The summed E-state index contributed by atoms with van der Waals surface area (Å²) in [6, 6.07) is 13.1. The van der Waals surface area contributed by atoms with E-state index in [-0.39, 0.29) is 51.5 Å². The first kappa shape index (κ1) is 56.1. The van der Waals surface area contributed by atoms with Gasteiger partial charge in [0.25, 0.3) is 0 Å². The summed E-state index contributed by atoms with van der Waals surface area (Å²) in [4.78, 5) is 39.3. The Labute approximate surface area is 390 Å². The van der Waals surface area contributed by atoms with Gasteiger partial charge in [0.05, 0.1) is 30.3 Å². The third-order valence-corrected chi connectivity index (χ3v) is 11.3. The Morgan fingerprint density at radius 2 is 0.930 bits per heavy atom. The van der Waals surface area contributed by atoms with Crippen LogP contribution in [-0.2, 0) is 16.1 Å². The van der Waals surface area contributed by atoms with E-state index in [1.54, 1.807) is 0 Å². The highest BCUT2D eigenvalue weighted by Crippen LogP contribution is 2.56. The van der Waals surface area contributed by atoms with Gasteiger partial charge in [0, 0.05) is 18.4 Å². The minimum Gasteiger partial charge on any atom is -0.494 e. The number of esters is 3. The van der Waals surface area contributed by atoms with Gasteiger partial charge >= 0.3 is 65.8 Å². The highest BCUT2D eigenvalue weighted by Gasteiger charge is 2.82. The molecule has 0 saturated heterocycles. The number of unbranched alkanes of at least 4 members (excludes halogenated alkanes) is 2. The zero-order valence-electron chi connectivity index (χ0n) is 36.1. The Morgan fingerprint density at radius 1 is 0.493 bits per heavy atom. The highest BCUT2D eigenvalue weighted by molar-refractivity contribution is 5.92. The number of ether oxygens (including phenoxy) is 5. The molecule has 2 bridgehead atoms. The topological polar surface area (TPSA) is 97.4 Å². The number of carbonyl (C=O) groups is 3. The van der Waals surface area contributed by atoms with Crippen LogP contribution in [0.5, 0.6) is 23.0 Å². The average Bonchev–Trinajstić information content (AvgIpc) is 3.93. The molecule has 0 N–H and O–H groups in total. The van der Waals surface area contributed by atoms with Crippen molar-refractivity contribution >= 4 is 17.9 Å². The summed E-state index contributed by atoms with van der Waals surface area (Å²) in [6.07, 6.45) is -15.6. The van der Waals surface area contributed by atoms with Crippen LogP contribution in [-0.4, -0.2) is 79.0 Å². The van der Waals surface area contributed by atoms with Crippen molar-refractivity contribution in [3.8, 4) is 23.0 Å². The first-order valence-corrected chi connectivity index (χ1v) is 21.0. The van der Waals surface area contributed by atoms with Crippen molar-refractivity contribution in [1.29, 1.82) is 0 Å². The van der Waals surface area contributed by atoms with Gasteiger partial charge in [-0.25, -0.2) is 9.59 Å². The summed E-state index contributed by atoms with van der Waals surface area (Å²) >= 11 is 0. The average molecular weight is 1050 g/mol. The van der Waals surface area contributed by atoms with Crippen LogP contribution in [0.25, 0.3) is 0 Å². The summed E-state index contributed by atoms with van der Waals surface area (Å²) in [7, 11) is 0. The van der Waals surface area contributed by atoms with Crippen LogP contribution in [0.2, 0.25) is 0 Å². The van der Waals surface area contributed by atoms with Gasteiger partial charge in [0.15, 0.2) is 0 Å². The number of fused-ring (bicyclic) bond motifs is 2. The predicted octanol–water partition coefficient (Wildman–Crippen LogP) is 13.4. The fraction of sp³-hybridized carbons (Fsp3) is 0.489. The summed E-state index contributed by atoms with van der Waals surface area (Å²) in [6.45, 7) is -1.45. The molecule has 0 aliphatic heterocycles. The van der Waals surface area contributed by atoms with Crippen LogP contribution >= 0.6 is 0 Å². The molecule has 0 heterocycles. The van der Waals surface area contributed by atoms with Gasteiger partial charge in [-0.05, 0) is 117 Å². The van der Waals surface area contributed by atoms with Crippen LogP contribution in [0, 0.1) is 17.8 Å². The van der Waals surface area contributed by atoms with Crippen LogP contribution in [0.1, 0.15) is 77.6 Å². The van der Waals surface area contributed by atoms with Gasteiger partial charge in [-0.15, -0.1) is 0 Å². The van der Waals surface area contributed by atoms with E-state index >= 15 is 0 Å². The van der Waals surface area contributed by atoms with Gasteiger partial charge in [0.2, 0.25) is 0 Å². The number of rotatable bonds is 23. The predicted molar refractivity (Wildman–Crippen MR) is 208 cm³/mol. The Bertz CT molecular complexity index is 2360. The minimum absolute atomic E-state index is 0.00944. The summed E-state index contributed by atoms with van der Waals surface area (Å²) in [5.41, 5.74) is -0.202. The quantitative estimate of drug-likeness (QED) is 0.0305. The molecule has 3 aromatic rings. The lowest BCUT2D eigenvalue weighted by molar-refractivity contribution is -0.396. The smallest absolute Gasteiger partial charge is 0.460 e. The van der Waals surface area contributed by atoms with Crippen LogP contribution in [0.4, 0.5) is 79.0 Å². The lowest BCUT2D eigenvalue weighted by Crippen LogP contribution is -2.60. The number of hydrogen-bond donors (Lipinski definition) is 0. The third kappa shape index (κ3) is 12.4. The molecule has 2 aliphatic carbocycles. The standard InChI is InChI=1S/C45H38F18O8/c46-38(47,40(50,51)42(54,55)44(58,59)60)17-1-3-19-67-30-11-7-26(8-12-30)35(64)70-32-15-16-34(29(23-32)24-69-37(66)33-22-25-5-6-28(33)21-25)71-36(65)27-9-13-31(14-10-27)68-20-4-2-18-39(48,49)41(52,53)43(56,57)45(61,62)63/h5-16,23,25,28,33H,1-4,17-22,24H2. The van der Waals surface area contributed by atoms with Crippen molar-refractivity contribution in [2.45, 2.75) is 106 Å². The number of alkyl halides is 18. The number of hydrogen-bond acceptors (Lipinski definition) is 8. The third-order valence-electron chi connectivity index (χ3n) is 11.3. The molecular weight excluding hydrogens is 1010 g/mol. The highest BCUT2D eigenvalue weighted by atomic mass is 19.4. The van der Waals surface area contributed by atoms with Crippen molar-refractivity contribution in [1.82, 2.24) is 0 Å². The first-order chi connectivity index (χ1) is 32.7. The second kappa shape index (κ2) is 21.1. The summed E-state index contributed by atoms with van der Waals surface area (Å²) in [5, 5.41) is 0. The monoisotopic (exact) mass is 1050 g/mol. The molecule has 3 atom stereocenters. The van der Waals surface area contributed by atoms with Crippen molar-refractivity contribution in [3.05, 3.63) is 95.6 Å². The van der Waals surface area contributed by atoms with Gasteiger partial charge in [-0.3, -0.25) is 4.79 Å². The van der Waals surface area contributed by atoms with Crippen LogP contribution < -0.4 is 18.9 Å². The Morgan fingerprint density at radius 3 is 1.34 bits per heavy atom. The van der Waals surface area contributed by atoms with E-state index in [4.69, 9.17) is 23.7 Å². The number of carbonyl (C=O) groups excluding carboxylic acids is 3. The molecule has 71 heavy (non-hydrogen) atoms. The van der Waals surface area contributed by atoms with Crippen molar-refractivity contribution < 1.29 is 117 Å². The first-order valence-electron chi connectivity index (χ1n) is 21.0. The van der Waals surface area contributed by atoms with E-state index in [1.165, 1.54) is 66.7 Å². The molecule has 0 amide bonds. The van der Waals surface area contributed by atoms with E-state index in [9.17, 15) is 93.4 Å². The largest absolute Gasteiger partial charge is 0.494 e. The molecule has 0 aromatic heterocycles. The van der Waals surface area contributed by atoms with E-state index in [0.29, 0.717) is 6.42 Å². The lowest BCUT2D eigenvalue weighted by atomic mass is 9.94. The fourth-order valence-electron chi connectivity index (χ4n) is 7.25. The van der Waals surface area contributed by atoms with Crippen molar-refractivity contribution in [3.63, 3.8) is 0 Å². The molecule has 1 saturated carbocycles. The van der Waals surface area contributed by atoms with Gasteiger partial charge in [0.1, 0.15) is 29.6 Å². The zero-order chi connectivity index (χ0) is 53.0. The number of benzene rings is 3. The maximum atomic E-state index is 13.8. The molecule has 8 nitrogen and oxygen atoms in total. The number of halogens is 18. The molecule has 3 unspecified atom stereocenters. The molecule has 2 aliphatic rings.